The fourth-order valence-electron chi connectivity index (χ4n) is 4.79. The number of carbonyl (C=O) groups is 1. The van der Waals surface area contributed by atoms with Crippen LogP contribution in [-0.2, 0) is 0 Å². The zero-order valence-electron chi connectivity index (χ0n) is 17.9. The lowest BCUT2D eigenvalue weighted by molar-refractivity contribution is 0.100. The number of nitrogens with two attached hydrogens (primary N) is 2. The van der Waals surface area contributed by atoms with Gasteiger partial charge in [0.2, 0.25) is 0 Å². The maximum absolute atomic E-state index is 12.4. The van der Waals surface area contributed by atoms with E-state index in [0.717, 1.165) is 56.0 Å². The Morgan fingerprint density at radius 2 is 1.69 bits per heavy atom. The highest BCUT2D eigenvalue weighted by atomic mass is 16.5. The molecule has 8 heteroatoms. The fourth-order valence-corrected chi connectivity index (χ4v) is 4.79. The van der Waals surface area contributed by atoms with Crippen LogP contribution in [0.15, 0.2) is 54.6 Å². The van der Waals surface area contributed by atoms with Crippen molar-refractivity contribution >= 4 is 11.7 Å². The van der Waals surface area contributed by atoms with E-state index in [1.807, 2.05) is 64.3 Å². The van der Waals surface area contributed by atoms with Crippen LogP contribution in [-0.4, -0.2) is 40.3 Å². The molecule has 0 spiro atoms. The molecule has 1 aromatic heterocycles. The van der Waals surface area contributed by atoms with Crippen LogP contribution in [0, 0.1) is 5.92 Å². The van der Waals surface area contributed by atoms with Crippen molar-refractivity contribution in [3.8, 4) is 22.8 Å². The maximum atomic E-state index is 12.4. The van der Waals surface area contributed by atoms with Gasteiger partial charge < -0.3 is 15.8 Å². The van der Waals surface area contributed by atoms with Gasteiger partial charge in [-0.3, -0.25) is 10.6 Å². The van der Waals surface area contributed by atoms with Crippen molar-refractivity contribution < 1.29 is 9.53 Å². The summed E-state index contributed by atoms with van der Waals surface area (Å²) in [5.41, 5.74) is 7.70. The van der Waals surface area contributed by atoms with E-state index in [1.54, 1.807) is 0 Å². The molecule has 1 amide bonds. The number of primary amides is 1. The number of amides is 1. The molecule has 3 aromatic rings. The molecule has 5 N–H and O–H groups in total. The van der Waals surface area contributed by atoms with Crippen molar-refractivity contribution in [3.63, 3.8) is 0 Å². The highest BCUT2D eigenvalue weighted by Gasteiger charge is 2.34. The van der Waals surface area contributed by atoms with Crippen molar-refractivity contribution in [2.24, 2.45) is 17.5 Å². The van der Waals surface area contributed by atoms with Crippen LogP contribution in [0.4, 0.5) is 5.82 Å². The minimum absolute atomic E-state index is 0.229. The zero-order chi connectivity index (χ0) is 22.1. The van der Waals surface area contributed by atoms with Crippen molar-refractivity contribution in [1.29, 1.82) is 0 Å². The molecule has 0 radical (unpaired) electrons. The molecule has 166 valence electrons. The van der Waals surface area contributed by atoms with Crippen LogP contribution in [0.3, 0.4) is 0 Å². The van der Waals surface area contributed by atoms with Gasteiger partial charge in [0.05, 0.1) is 6.04 Å². The molecule has 32 heavy (non-hydrogen) atoms. The van der Waals surface area contributed by atoms with E-state index in [9.17, 15) is 4.79 Å². The smallest absolute Gasteiger partial charge is 0.254 e. The van der Waals surface area contributed by atoms with Crippen LogP contribution in [0.2, 0.25) is 0 Å². The number of aromatic nitrogens is 2. The molecule has 5 rings (SSSR count). The average Bonchev–Trinajstić information content (AvgIpc) is 3.21. The molecular formula is C24H28N6O2. The quantitative estimate of drug-likeness (QED) is 0.533. The summed E-state index contributed by atoms with van der Waals surface area (Å²) >= 11 is 0. The molecule has 2 aliphatic rings. The third kappa shape index (κ3) is 3.94. The van der Waals surface area contributed by atoms with Gasteiger partial charge in [0.15, 0.2) is 0 Å². The number of hydrogen-bond donors (Lipinski definition) is 3. The number of hydrogen-bond acceptors (Lipinski definition) is 6. The average molecular weight is 433 g/mol. The first-order chi connectivity index (χ1) is 15.6. The van der Waals surface area contributed by atoms with Gasteiger partial charge in [-0.2, -0.15) is 5.10 Å². The van der Waals surface area contributed by atoms with Gasteiger partial charge in [-0.15, -0.1) is 0 Å². The lowest BCUT2D eigenvalue weighted by atomic mass is 9.87. The summed E-state index contributed by atoms with van der Waals surface area (Å²) in [6.07, 6.45) is 3.01. The topological polar surface area (TPSA) is 111 Å². The van der Waals surface area contributed by atoms with E-state index in [2.05, 4.69) is 5.32 Å². The minimum Gasteiger partial charge on any atom is -0.457 e. The summed E-state index contributed by atoms with van der Waals surface area (Å²) in [4.78, 5) is 12.4. The predicted molar refractivity (Wildman–Crippen MR) is 123 cm³/mol. The number of benzene rings is 2. The van der Waals surface area contributed by atoms with Gasteiger partial charge in [-0.25, -0.2) is 9.69 Å². The maximum Gasteiger partial charge on any atom is 0.254 e. The number of fused-ring (bicyclic) bond motifs is 1. The number of para-hydroxylation sites is 1. The Morgan fingerprint density at radius 1 is 1.00 bits per heavy atom. The summed E-state index contributed by atoms with van der Waals surface area (Å²) in [5.74, 6) is 8.17. The highest BCUT2D eigenvalue weighted by molar-refractivity contribution is 6.03. The summed E-state index contributed by atoms with van der Waals surface area (Å²) in [6.45, 7) is 2.55. The lowest BCUT2D eigenvalue weighted by Gasteiger charge is -2.37. The molecule has 2 aromatic carbocycles. The van der Waals surface area contributed by atoms with Gasteiger partial charge in [-0.1, -0.05) is 18.2 Å². The third-order valence-electron chi connectivity index (χ3n) is 6.43. The summed E-state index contributed by atoms with van der Waals surface area (Å²) < 4.78 is 7.88. The number of carbonyl (C=O) groups excluding carboxylic acids is 1. The number of rotatable bonds is 5. The number of nitrogens with zero attached hydrogens (tertiary/aromatic N) is 3. The van der Waals surface area contributed by atoms with Crippen molar-refractivity contribution in [3.05, 3.63) is 60.2 Å². The predicted octanol–water partition coefficient (Wildman–Crippen LogP) is 3.38. The number of nitrogens with one attached hydrogen (secondary N) is 1. The summed E-state index contributed by atoms with van der Waals surface area (Å²) in [7, 11) is 0. The number of ether oxygens (including phenoxy) is 1. The van der Waals surface area contributed by atoms with E-state index >= 15 is 0 Å². The second-order valence-electron chi connectivity index (χ2n) is 8.48. The number of anilines is 1. The van der Waals surface area contributed by atoms with Gasteiger partial charge in [0, 0.05) is 25.2 Å². The molecule has 0 unspecified atom stereocenters. The second kappa shape index (κ2) is 8.64. The van der Waals surface area contributed by atoms with Crippen LogP contribution >= 0.6 is 0 Å². The molecule has 1 saturated heterocycles. The van der Waals surface area contributed by atoms with Gasteiger partial charge >= 0.3 is 0 Å². The van der Waals surface area contributed by atoms with Crippen molar-refractivity contribution in [2.75, 3.05) is 25.0 Å². The van der Waals surface area contributed by atoms with Crippen LogP contribution < -0.4 is 21.6 Å². The lowest BCUT2D eigenvalue weighted by Crippen LogP contribution is -2.42. The first-order valence-corrected chi connectivity index (χ1v) is 11.1. The monoisotopic (exact) mass is 432 g/mol. The van der Waals surface area contributed by atoms with E-state index in [0.29, 0.717) is 22.9 Å². The molecule has 0 aliphatic carbocycles. The molecule has 3 heterocycles. The first kappa shape index (κ1) is 20.5. The third-order valence-corrected chi connectivity index (χ3v) is 6.43. The standard InChI is InChI=1S/C24H28N6O2/c25-23(31)21-22(17-6-8-19(9-7-17)32-18-4-2-1-3-5-18)28-30-20(10-13-27-24(21)30)16-11-14-29(26)15-12-16/h1-9,16,20,27H,10-15,26H2,(H2,25,31)/t20-/m0/s1. The Morgan fingerprint density at radius 3 is 2.38 bits per heavy atom. The van der Waals surface area contributed by atoms with Crippen LogP contribution in [0.25, 0.3) is 11.3 Å². The van der Waals surface area contributed by atoms with Crippen LogP contribution in [0.5, 0.6) is 11.5 Å². The number of piperidine rings is 1. The van der Waals surface area contributed by atoms with E-state index in [4.69, 9.17) is 21.4 Å². The molecule has 0 bridgehead atoms. The van der Waals surface area contributed by atoms with E-state index < -0.39 is 5.91 Å². The Bertz CT molecular complexity index is 1090. The largest absolute Gasteiger partial charge is 0.457 e. The Labute approximate surface area is 187 Å². The van der Waals surface area contributed by atoms with Crippen molar-refractivity contribution in [2.45, 2.75) is 25.3 Å². The minimum atomic E-state index is -0.476. The molecule has 0 saturated carbocycles. The fraction of sp³-hybridized carbons (Fsp3) is 0.333. The molecule has 1 fully saturated rings. The Kier molecular flexibility index (Phi) is 5.55. The Balaban J connectivity index is 1.46. The van der Waals surface area contributed by atoms with Gasteiger partial charge in [0.25, 0.3) is 5.91 Å². The number of hydrazine groups is 1. The highest BCUT2D eigenvalue weighted by Crippen LogP contribution is 2.39. The van der Waals surface area contributed by atoms with E-state index in [-0.39, 0.29) is 6.04 Å². The SMILES string of the molecule is NC(=O)c1c(-c2ccc(Oc3ccccc3)cc2)nn2c1NCC[C@H]2C1CCN(N)CC1. The molecule has 8 nitrogen and oxygen atoms in total. The van der Waals surface area contributed by atoms with Crippen LogP contribution in [0.1, 0.15) is 35.7 Å². The normalized spacial score (nSPS) is 19.2. The molecular weight excluding hydrogens is 404 g/mol. The summed E-state index contributed by atoms with van der Waals surface area (Å²) in [6, 6.07) is 17.4. The summed E-state index contributed by atoms with van der Waals surface area (Å²) in [5, 5.41) is 10.1. The van der Waals surface area contributed by atoms with Gasteiger partial charge in [0.1, 0.15) is 28.6 Å². The zero-order valence-corrected chi connectivity index (χ0v) is 17.9. The molecule has 1 atom stereocenters. The van der Waals surface area contributed by atoms with E-state index in [1.165, 1.54) is 0 Å². The molecule has 2 aliphatic heterocycles. The van der Waals surface area contributed by atoms with Crippen molar-refractivity contribution in [1.82, 2.24) is 14.8 Å². The second-order valence-corrected chi connectivity index (χ2v) is 8.48. The van der Waals surface area contributed by atoms with Gasteiger partial charge in [-0.05, 0) is 61.6 Å². The Hall–Kier alpha value is -3.36. The first-order valence-electron chi connectivity index (χ1n) is 11.1.